The second kappa shape index (κ2) is 5.48. The fraction of sp³-hybridized carbons (Fsp3) is 0.500. The Hall–Kier alpha value is -1.42. The number of hydrogen-bond acceptors (Lipinski definition) is 2. The van der Waals surface area contributed by atoms with Crippen molar-refractivity contribution in [1.82, 2.24) is 4.90 Å². The molecule has 98 valence electrons. The molecule has 0 aliphatic heterocycles. The van der Waals surface area contributed by atoms with E-state index >= 15 is 0 Å². The van der Waals surface area contributed by atoms with Gasteiger partial charge in [0.1, 0.15) is 5.82 Å². The topological polar surface area (TPSA) is 40.5 Å². The molecule has 0 radical (unpaired) electrons. The molecule has 1 aliphatic rings. The summed E-state index contributed by atoms with van der Waals surface area (Å²) in [7, 11) is 0. The fourth-order valence-corrected chi connectivity index (χ4v) is 2.33. The Kier molecular flexibility index (Phi) is 3.97. The van der Waals surface area contributed by atoms with Gasteiger partial charge >= 0.3 is 5.97 Å². The average molecular weight is 251 g/mol. The van der Waals surface area contributed by atoms with Gasteiger partial charge in [-0.05, 0) is 43.9 Å². The summed E-state index contributed by atoms with van der Waals surface area (Å²) in [6.07, 6.45) is 2.82. The zero-order chi connectivity index (χ0) is 13.1. The van der Waals surface area contributed by atoms with Crippen LogP contribution in [-0.4, -0.2) is 34.6 Å². The molecule has 0 spiro atoms. The first-order chi connectivity index (χ1) is 8.56. The van der Waals surface area contributed by atoms with Gasteiger partial charge in [0.15, 0.2) is 0 Å². The number of halogens is 1. The summed E-state index contributed by atoms with van der Waals surface area (Å²) in [5.74, 6) is -1.04. The molecule has 1 saturated carbocycles. The normalized spacial score (nSPS) is 16.8. The zero-order valence-corrected chi connectivity index (χ0v) is 10.5. The summed E-state index contributed by atoms with van der Waals surface area (Å²) >= 11 is 0. The molecule has 1 aromatic carbocycles. The Labute approximate surface area is 106 Å². The van der Waals surface area contributed by atoms with Gasteiger partial charge < -0.3 is 5.11 Å². The molecular weight excluding hydrogens is 233 g/mol. The van der Waals surface area contributed by atoms with Crippen molar-refractivity contribution in [1.29, 1.82) is 0 Å². The van der Waals surface area contributed by atoms with Crippen molar-refractivity contribution in [3.05, 3.63) is 35.6 Å². The Bertz CT molecular complexity index is 432. The van der Waals surface area contributed by atoms with E-state index in [9.17, 15) is 9.18 Å². The quantitative estimate of drug-likeness (QED) is 0.843. The number of carboxylic acid groups (broad SMARTS) is 1. The predicted molar refractivity (Wildman–Crippen MR) is 66.9 cm³/mol. The van der Waals surface area contributed by atoms with Crippen molar-refractivity contribution in [2.45, 2.75) is 38.3 Å². The van der Waals surface area contributed by atoms with Crippen LogP contribution in [0.2, 0.25) is 0 Å². The molecule has 0 heterocycles. The lowest BCUT2D eigenvalue weighted by atomic mass is 10.1. The van der Waals surface area contributed by atoms with Crippen molar-refractivity contribution in [3.63, 3.8) is 0 Å². The smallest absolute Gasteiger partial charge is 0.317 e. The van der Waals surface area contributed by atoms with Gasteiger partial charge in [0.2, 0.25) is 0 Å². The molecule has 1 unspecified atom stereocenters. The van der Waals surface area contributed by atoms with Crippen LogP contribution in [0.15, 0.2) is 24.3 Å². The van der Waals surface area contributed by atoms with E-state index in [1.54, 1.807) is 6.07 Å². The van der Waals surface area contributed by atoms with Gasteiger partial charge in [-0.1, -0.05) is 12.1 Å². The molecule has 1 N–H and O–H groups in total. The van der Waals surface area contributed by atoms with Crippen LogP contribution >= 0.6 is 0 Å². The van der Waals surface area contributed by atoms with Crippen LogP contribution in [-0.2, 0) is 11.2 Å². The minimum atomic E-state index is -0.798. The lowest BCUT2D eigenvalue weighted by Gasteiger charge is -2.27. The van der Waals surface area contributed by atoms with Crippen molar-refractivity contribution < 1.29 is 14.3 Å². The van der Waals surface area contributed by atoms with Crippen LogP contribution in [0.25, 0.3) is 0 Å². The molecule has 0 saturated heterocycles. The first-order valence-corrected chi connectivity index (χ1v) is 6.28. The second-order valence-corrected chi connectivity index (χ2v) is 4.98. The third-order valence-electron chi connectivity index (χ3n) is 3.32. The molecule has 18 heavy (non-hydrogen) atoms. The van der Waals surface area contributed by atoms with Crippen LogP contribution in [0.4, 0.5) is 4.39 Å². The Balaban J connectivity index is 2.00. The lowest BCUT2D eigenvalue weighted by Crippen LogP contribution is -2.40. The highest BCUT2D eigenvalue weighted by atomic mass is 19.1. The number of nitrogens with zero attached hydrogens (tertiary/aromatic N) is 1. The number of rotatable bonds is 6. The maximum Gasteiger partial charge on any atom is 0.317 e. The predicted octanol–water partition coefficient (Wildman–Crippen LogP) is 2.31. The fourth-order valence-electron chi connectivity index (χ4n) is 2.33. The van der Waals surface area contributed by atoms with E-state index in [1.807, 2.05) is 17.9 Å². The Morgan fingerprint density at radius 3 is 2.83 bits per heavy atom. The van der Waals surface area contributed by atoms with Crippen molar-refractivity contribution in [2.75, 3.05) is 6.54 Å². The number of hydrogen-bond donors (Lipinski definition) is 1. The lowest BCUT2D eigenvalue weighted by molar-refractivity contribution is -0.139. The number of carboxylic acids is 1. The van der Waals surface area contributed by atoms with Gasteiger partial charge in [0, 0.05) is 12.1 Å². The van der Waals surface area contributed by atoms with E-state index < -0.39 is 5.97 Å². The number of aliphatic carboxylic acids is 1. The maximum absolute atomic E-state index is 13.1. The Morgan fingerprint density at radius 2 is 2.28 bits per heavy atom. The highest BCUT2D eigenvalue weighted by Crippen LogP contribution is 2.29. The summed E-state index contributed by atoms with van der Waals surface area (Å²) < 4.78 is 13.1. The summed E-state index contributed by atoms with van der Waals surface area (Å²) in [5.41, 5.74) is 0.915. The largest absolute Gasteiger partial charge is 0.480 e. The van der Waals surface area contributed by atoms with E-state index in [0.29, 0.717) is 12.5 Å². The molecule has 0 amide bonds. The molecule has 1 aromatic rings. The van der Waals surface area contributed by atoms with Crippen LogP contribution < -0.4 is 0 Å². The van der Waals surface area contributed by atoms with Crippen LogP contribution in [0, 0.1) is 5.82 Å². The molecule has 3 nitrogen and oxygen atoms in total. The minimum absolute atomic E-state index is 0.0706. The third-order valence-corrected chi connectivity index (χ3v) is 3.32. The van der Waals surface area contributed by atoms with E-state index in [0.717, 1.165) is 18.4 Å². The minimum Gasteiger partial charge on any atom is -0.480 e. The van der Waals surface area contributed by atoms with E-state index in [4.69, 9.17) is 5.11 Å². The van der Waals surface area contributed by atoms with E-state index in [2.05, 4.69) is 0 Å². The third kappa shape index (κ3) is 3.53. The summed E-state index contributed by atoms with van der Waals surface area (Å²) in [5, 5.41) is 8.92. The Morgan fingerprint density at radius 1 is 1.56 bits per heavy atom. The summed E-state index contributed by atoms with van der Waals surface area (Å²) in [6, 6.07) is 7.02. The molecular formula is C14H18FNO2. The molecule has 1 aliphatic carbocycles. The highest BCUT2D eigenvalue weighted by Gasteiger charge is 2.33. The van der Waals surface area contributed by atoms with Gasteiger partial charge in [-0.15, -0.1) is 0 Å². The van der Waals surface area contributed by atoms with Crippen molar-refractivity contribution >= 4 is 5.97 Å². The SMILES string of the molecule is CC(Cc1cccc(F)c1)N(CC(=O)O)C1CC1. The maximum atomic E-state index is 13.1. The van der Waals surface area contributed by atoms with Gasteiger partial charge in [0.25, 0.3) is 0 Å². The van der Waals surface area contributed by atoms with Crippen molar-refractivity contribution in [3.8, 4) is 0 Å². The molecule has 1 atom stereocenters. The molecule has 0 aromatic heterocycles. The highest BCUT2D eigenvalue weighted by molar-refractivity contribution is 5.69. The summed E-state index contributed by atoms with van der Waals surface area (Å²) in [4.78, 5) is 12.9. The van der Waals surface area contributed by atoms with Gasteiger partial charge in [-0.3, -0.25) is 9.69 Å². The van der Waals surface area contributed by atoms with Crippen LogP contribution in [0.5, 0.6) is 0 Å². The van der Waals surface area contributed by atoms with Gasteiger partial charge in [-0.25, -0.2) is 4.39 Å². The van der Waals surface area contributed by atoms with Crippen LogP contribution in [0.1, 0.15) is 25.3 Å². The van der Waals surface area contributed by atoms with E-state index in [1.165, 1.54) is 12.1 Å². The first-order valence-electron chi connectivity index (χ1n) is 6.28. The van der Waals surface area contributed by atoms with E-state index in [-0.39, 0.29) is 18.4 Å². The molecule has 2 rings (SSSR count). The molecule has 0 bridgehead atoms. The summed E-state index contributed by atoms with van der Waals surface area (Å²) in [6.45, 7) is 2.08. The van der Waals surface area contributed by atoms with Gasteiger partial charge in [-0.2, -0.15) is 0 Å². The average Bonchev–Trinajstić information content (AvgIpc) is 3.09. The zero-order valence-electron chi connectivity index (χ0n) is 10.5. The first kappa shape index (κ1) is 13.0. The molecule has 1 fully saturated rings. The monoisotopic (exact) mass is 251 g/mol. The molecule has 4 heteroatoms. The number of benzene rings is 1. The number of carbonyl (C=O) groups is 1. The second-order valence-electron chi connectivity index (χ2n) is 4.98. The van der Waals surface area contributed by atoms with Crippen molar-refractivity contribution in [2.24, 2.45) is 0 Å². The standard InChI is InChI=1S/C14H18FNO2/c1-10(7-11-3-2-4-12(15)8-11)16(9-14(17)18)13-5-6-13/h2-4,8,10,13H,5-7,9H2,1H3,(H,17,18). The van der Waals surface area contributed by atoms with Crippen LogP contribution in [0.3, 0.4) is 0 Å². The van der Waals surface area contributed by atoms with Gasteiger partial charge in [0.05, 0.1) is 6.54 Å².